The minimum atomic E-state index is 0.702. The lowest BCUT2D eigenvalue weighted by atomic mass is 10.5. The Hall–Kier alpha value is -0.480. The Morgan fingerprint density at radius 3 is 2.33 bits per heavy atom. The summed E-state index contributed by atoms with van der Waals surface area (Å²) in [4.78, 5) is 4.58. The minimum absolute atomic E-state index is 0.702. The van der Waals surface area contributed by atoms with Crippen LogP contribution in [0.5, 0.6) is 0 Å². The highest BCUT2D eigenvalue weighted by Crippen LogP contribution is 2.06. The minimum Gasteiger partial charge on any atom is -0.401 e. The molecule has 0 aromatic heterocycles. The summed E-state index contributed by atoms with van der Waals surface area (Å²) in [5, 5.41) is 5.25. The average molecular weight is 145 g/mol. The molecule has 0 atom stereocenters. The Morgan fingerprint density at radius 2 is 2.22 bits per heavy atom. The maximum atomic E-state index is 5.42. The van der Waals surface area contributed by atoms with Gasteiger partial charge in [0, 0.05) is 19.0 Å². The van der Waals surface area contributed by atoms with Crippen LogP contribution in [0, 0.1) is 0 Å². The summed E-state index contributed by atoms with van der Waals surface area (Å²) < 4.78 is 0. The van der Waals surface area contributed by atoms with Crippen LogP contribution < -0.4 is 10.9 Å². The molecule has 0 spiro atoms. The van der Waals surface area contributed by atoms with Gasteiger partial charge in [0.15, 0.2) is 0 Å². The third-order valence-electron chi connectivity index (χ3n) is 0.762. The summed E-state index contributed by atoms with van der Waals surface area (Å²) >= 11 is 1.11. The summed E-state index contributed by atoms with van der Waals surface area (Å²) in [7, 11) is 1.68. The third-order valence-corrected chi connectivity index (χ3v) is 1.44. The van der Waals surface area contributed by atoms with Crippen LogP contribution in [0.4, 0.5) is 0 Å². The molecule has 3 nitrogen and oxygen atoms in total. The molecule has 0 radical (unpaired) electrons. The predicted octanol–water partition coefficient (Wildman–Crippen LogP) is 0.484. The lowest BCUT2D eigenvalue weighted by molar-refractivity contribution is 1.31. The third kappa shape index (κ3) is 3.16. The van der Waals surface area contributed by atoms with Gasteiger partial charge in [0.25, 0.3) is 0 Å². The van der Waals surface area contributed by atoms with E-state index < -0.39 is 0 Å². The molecule has 0 aliphatic rings. The normalized spacial score (nSPS) is 14.1. The number of allylic oxidation sites excluding steroid dienone is 2. The molecule has 0 aliphatic heterocycles. The lowest BCUT2D eigenvalue weighted by Crippen LogP contribution is -1.98. The summed E-state index contributed by atoms with van der Waals surface area (Å²) in [5.74, 6) is 0. The predicted molar refractivity (Wildman–Crippen MR) is 43.1 cm³/mol. The van der Waals surface area contributed by atoms with Crippen LogP contribution in [0.3, 0.4) is 0 Å². The topological polar surface area (TPSA) is 64.4 Å². The molecule has 52 valence electrons. The monoisotopic (exact) mass is 145 g/mol. The van der Waals surface area contributed by atoms with Crippen molar-refractivity contribution in [3.05, 3.63) is 10.6 Å². The highest BCUT2D eigenvalue weighted by atomic mass is 32.2. The van der Waals surface area contributed by atoms with Gasteiger partial charge < -0.3 is 5.73 Å². The average Bonchev–Trinajstić information content (AvgIpc) is 1.82. The number of rotatable bonds is 2. The number of hydrogen-bond donors (Lipinski definition) is 2. The van der Waals surface area contributed by atoms with E-state index in [4.69, 9.17) is 10.9 Å². The summed E-state index contributed by atoms with van der Waals surface area (Å²) in [5.41, 5.74) is 6.12. The Bertz CT molecular complexity index is 135. The standard InChI is InChI=1S/C5H11N3S/c1-4(6)5(9-7)3-8-2/h3H,6-7H2,1-2H3/b5-4+,8-3?. The fourth-order valence-corrected chi connectivity index (χ4v) is 0.695. The van der Waals surface area contributed by atoms with E-state index in [0.717, 1.165) is 16.9 Å². The van der Waals surface area contributed by atoms with E-state index in [1.54, 1.807) is 20.2 Å². The van der Waals surface area contributed by atoms with E-state index in [1.165, 1.54) is 0 Å². The molecule has 0 unspecified atom stereocenters. The highest BCUT2D eigenvalue weighted by molar-refractivity contribution is 8.01. The van der Waals surface area contributed by atoms with Crippen LogP contribution in [-0.4, -0.2) is 13.3 Å². The summed E-state index contributed by atoms with van der Waals surface area (Å²) in [6.45, 7) is 1.79. The van der Waals surface area contributed by atoms with E-state index in [1.807, 2.05) is 0 Å². The van der Waals surface area contributed by atoms with Crippen molar-refractivity contribution < 1.29 is 0 Å². The van der Waals surface area contributed by atoms with Gasteiger partial charge in [0.05, 0.1) is 4.91 Å². The summed E-state index contributed by atoms with van der Waals surface area (Å²) in [6, 6.07) is 0. The first-order valence-electron chi connectivity index (χ1n) is 2.47. The molecule has 4 N–H and O–H groups in total. The van der Waals surface area contributed by atoms with Crippen molar-refractivity contribution >= 4 is 18.2 Å². The largest absolute Gasteiger partial charge is 0.401 e. The maximum absolute atomic E-state index is 5.42. The van der Waals surface area contributed by atoms with Crippen LogP contribution in [-0.2, 0) is 0 Å². The van der Waals surface area contributed by atoms with E-state index in [2.05, 4.69) is 4.99 Å². The van der Waals surface area contributed by atoms with Crippen molar-refractivity contribution in [2.45, 2.75) is 6.92 Å². The van der Waals surface area contributed by atoms with Crippen LogP contribution in [0.25, 0.3) is 0 Å². The molecule has 0 saturated carbocycles. The molecule has 0 heterocycles. The van der Waals surface area contributed by atoms with Crippen molar-refractivity contribution in [1.29, 1.82) is 0 Å². The molecule has 4 heteroatoms. The van der Waals surface area contributed by atoms with Gasteiger partial charge in [-0.1, -0.05) is 0 Å². The Morgan fingerprint density at radius 1 is 1.67 bits per heavy atom. The van der Waals surface area contributed by atoms with E-state index in [0.29, 0.717) is 5.70 Å². The van der Waals surface area contributed by atoms with Crippen LogP contribution in [0.1, 0.15) is 6.92 Å². The van der Waals surface area contributed by atoms with Crippen molar-refractivity contribution in [2.75, 3.05) is 7.05 Å². The Balaban J connectivity index is 4.16. The molecular weight excluding hydrogens is 134 g/mol. The first-order valence-corrected chi connectivity index (χ1v) is 3.35. The zero-order valence-corrected chi connectivity index (χ0v) is 6.40. The van der Waals surface area contributed by atoms with E-state index in [9.17, 15) is 0 Å². The number of nitrogens with two attached hydrogens (primary N) is 2. The molecule has 0 fully saturated rings. The zero-order valence-electron chi connectivity index (χ0n) is 5.59. The molecule has 0 rings (SSSR count). The van der Waals surface area contributed by atoms with Gasteiger partial charge in [0.1, 0.15) is 0 Å². The fourth-order valence-electron chi connectivity index (χ4n) is 0.342. The quantitative estimate of drug-likeness (QED) is 0.439. The van der Waals surface area contributed by atoms with Crippen LogP contribution >= 0.6 is 11.9 Å². The van der Waals surface area contributed by atoms with Gasteiger partial charge in [-0.2, -0.15) is 0 Å². The van der Waals surface area contributed by atoms with Gasteiger partial charge in [-0.3, -0.25) is 10.1 Å². The van der Waals surface area contributed by atoms with Crippen molar-refractivity contribution in [2.24, 2.45) is 15.9 Å². The molecule has 0 aromatic rings. The van der Waals surface area contributed by atoms with Gasteiger partial charge in [0.2, 0.25) is 0 Å². The lowest BCUT2D eigenvalue weighted by Gasteiger charge is -1.95. The second-order valence-corrected chi connectivity index (χ2v) is 2.23. The number of hydrogen-bond acceptors (Lipinski definition) is 4. The molecule has 0 bridgehead atoms. The second-order valence-electron chi connectivity index (χ2n) is 1.55. The van der Waals surface area contributed by atoms with Crippen molar-refractivity contribution in [3.63, 3.8) is 0 Å². The van der Waals surface area contributed by atoms with Gasteiger partial charge in [-0.05, 0) is 18.9 Å². The van der Waals surface area contributed by atoms with Gasteiger partial charge in [-0.15, -0.1) is 0 Å². The van der Waals surface area contributed by atoms with Crippen molar-refractivity contribution in [3.8, 4) is 0 Å². The Labute approximate surface area is 59.3 Å². The first-order chi connectivity index (χ1) is 4.22. The van der Waals surface area contributed by atoms with E-state index >= 15 is 0 Å². The molecule has 9 heavy (non-hydrogen) atoms. The van der Waals surface area contributed by atoms with Crippen LogP contribution in [0.15, 0.2) is 15.6 Å². The Kier molecular flexibility index (Phi) is 4.17. The van der Waals surface area contributed by atoms with Crippen LogP contribution in [0.2, 0.25) is 0 Å². The smallest absolute Gasteiger partial charge is 0.0588 e. The molecule has 0 saturated heterocycles. The van der Waals surface area contributed by atoms with E-state index in [-0.39, 0.29) is 0 Å². The zero-order chi connectivity index (χ0) is 7.28. The SMILES string of the molecule is CN=C/C(SN)=C(/C)N. The van der Waals surface area contributed by atoms with Gasteiger partial charge in [-0.25, -0.2) is 0 Å². The van der Waals surface area contributed by atoms with Crippen molar-refractivity contribution in [1.82, 2.24) is 0 Å². The second kappa shape index (κ2) is 4.40. The highest BCUT2D eigenvalue weighted by Gasteiger charge is 1.91. The molecular formula is C5H11N3S. The van der Waals surface area contributed by atoms with Gasteiger partial charge >= 0.3 is 0 Å². The molecule has 0 aromatic carbocycles. The first kappa shape index (κ1) is 8.52. The number of nitrogens with zero attached hydrogens (tertiary/aromatic N) is 1. The molecule has 0 aliphatic carbocycles. The maximum Gasteiger partial charge on any atom is 0.0588 e. The summed E-state index contributed by atoms with van der Waals surface area (Å²) in [6.07, 6.45) is 1.64. The fraction of sp³-hybridized carbons (Fsp3) is 0.400. The number of aliphatic imine (C=N–C) groups is 1. The molecule has 0 amide bonds.